The van der Waals surface area contributed by atoms with Gasteiger partial charge in [0.1, 0.15) is 0 Å². The van der Waals surface area contributed by atoms with Gasteiger partial charge in [-0.15, -0.1) is 11.3 Å². The molecule has 1 heterocycles. The molecule has 0 spiro atoms. The normalized spacial score (nSPS) is 10.6. The molecule has 2 rings (SSSR count). The Balaban J connectivity index is 1.79. The van der Waals surface area contributed by atoms with Crippen molar-refractivity contribution in [2.24, 2.45) is 0 Å². The Morgan fingerprint density at radius 3 is 2.91 bits per heavy atom. The third-order valence-corrected chi connectivity index (χ3v) is 4.24. The highest BCUT2D eigenvalue weighted by Gasteiger charge is 2.07. The van der Waals surface area contributed by atoms with E-state index in [-0.39, 0.29) is 19.2 Å². The molecule has 124 valence electrons. The first-order valence-corrected chi connectivity index (χ1v) is 8.34. The maximum absolute atomic E-state index is 11.8. The van der Waals surface area contributed by atoms with Crippen LogP contribution in [0.1, 0.15) is 11.3 Å². The summed E-state index contributed by atoms with van der Waals surface area (Å²) >= 11 is 13.1. The topological polar surface area (TPSA) is 83.5 Å². The van der Waals surface area contributed by atoms with Gasteiger partial charge < -0.3 is 15.2 Å². The Bertz CT molecular complexity index is 666. The molecule has 0 bridgehead atoms. The quantitative estimate of drug-likeness (QED) is 0.648. The number of carbonyl (C=O) groups is 1. The van der Waals surface area contributed by atoms with Gasteiger partial charge in [0.15, 0.2) is 5.13 Å². The molecule has 1 aromatic heterocycles. The summed E-state index contributed by atoms with van der Waals surface area (Å²) in [5.41, 5.74) is 1.54. The van der Waals surface area contributed by atoms with E-state index in [0.29, 0.717) is 34.0 Å². The second-order valence-electron chi connectivity index (χ2n) is 4.48. The lowest BCUT2D eigenvalue weighted by Crippen LogP contribution is -2.28. The molecule has 0 radical (unpaired) electrons. The summed E-state index contributed by atoms with van der Waals surface area (Å²) in [5, 5.41) is 17.1. The second-order valence-corrected chi connectivity index (χ2v) is 6.15. The number of aliphatic hydroxyl groups excluding tert-OH is 1. The molecule has 0 aliphatic heterocycles. The third-order valence-electron chi connectivity index (χ3n) is 2.69. The summed E-state index contributed by atoms with van der Waals surface area (Å²) in [6.45, 7) is 0.834. The van der Waals surface area contributed by atoms with Gasteiger partial charge in [-0.3, -0.25) is 5.32 Å². The van der Waals surface area contributed by atoms with Crippen LogP contribution in [0.25, 0.3) is 0 Å². The number of ether oxygens (including phenoxy) is 1. The van der Waals surface area contributed by atoms with Gasteiger partial charge in [0, 0.05) is 11.9 Å². The average molecular weight is 376 g/mol. The van der Waals surface area contributed by atoms with Crippen LogP contribution in [-0.2, 0) is 17.9 Å². The van der Waals surface area contributed by atoms with Crippen molar-refractivity contribution in [1.29, 1.82) is 0 Å². The number of aromatic nitrogens is 1. The van der Waals surface area contributed by atoms with Gasteiger partial charge in [0.2, 0.25) is 0 Å². The molecule has 23 heavy (non-hydrogen) atoms. The monoisotopic (exact) mass is 375 g/mol. The van der Waals surface area contributed by atoms with Crippen molar-refractivity contribution in [2.75, 3.05) is 18.5 Å². The van der Waals surface area contributed by atoms with Crippen molar-refractivity contribution in [3.05, 3.63) is 44.9 Å². The number of anilines is 1. The minimum atomic E-state index is -0.367. The van der Waals surface area contributed by atoms with Gasteiger partial charge in [-0.25, -0.2) is 9.78 Å². The Hall–Kier alpha value is -1.38. The predicted octanol–water partition coefficient (Wildman–Crippen LogP) is 3.28. The van der Waals surface area contributed by atoms with E-state index in [1.54, 1.807) is 23.6 Å². The highest BCUT2D eigenvalue weighted by atomic mass is 35.5. The number of carbonyl (C=O) groups excluding carboxylic acids is 1. The van der Waals surface area contributed by atoms with Crippen LogP contribution in [-0.4, -0.2) is 29.3 Å². The molecule has 6 nitrogen and oxygen atoms in total. The average Bonchev–Trinajstić information content (AvgIpc) is 2.96. The van der Waals surface area contributed by atoms with Crippen molar-refractivity contribution in [3.63, 3.8) is 0 Å². The third kappa shape index (κ3) is 5.96. The number of aliphatic hydroxyl groups is 1. The summed E-state index contributed by atoms with van der Waals surface area (Å²) in [7, 11) is 0. The molecule has 3 N–H and O–H groups in total. The van der Waals surface area contributed by atoms with Gasteiger partial charge in [-0.05, 0) is 17.7 Å². The SMILES string of the molecule is O=C(NCc1ccc(Cl)c(Cl)c1)Nc1nc(COCCO)cs1. The highest BCUT2D eigenvalue weighted by Crippen LogP contribution is 2.22. The van der Waals surface area contributed by atoms with Crippen molar-refractivity contribution >= 4 is 45.7 Å². The van der Waals surface area contributed by atoms with Gasteiger partial charge in [0.05, 0.1) is 35.6 Å². The van der Waals surface area contributed by atoms with Crippen molar-refractivity contribution in [1.82, 2.24) is 10.3 Å². The largest absolute Gasteiger partial charge is 0.394 e. The number of nitrogens with one attached hydrogen (secondary N) is 2. The van der Waals surface area contributed by atoms with Crippen LogP contribution in [0.4, 0.5) is 9.93 Å². The Morgan fingerprint density at radius 1 is 1.35 bits per heavy atom. The Kier molecular flexibility index (Phi) is 7.07. The number of halogens is 2. The molecular weight excluding hydrogens is 361 g/mol. The van der Waals surface area contributed by atoms with Crippen LogP contribution in [0.15, 0.2) is 23.6 Å². The molecule has 0 aliphatic rings. The van der Waals surface area contributed by atoms with Gasteiger partial charge in [-0.2, -0.15) is 0 Å². The number of thiazole rings is 1. The molecule has 0 atom stereocenters. The van der Waals surface area contributed by atoms with Crippen molar-refractivity contribution in [3.8, 4) is 0 Å². The molecule has 2 aromatic rings. The highest BCUT2D eigenvalue weighted by molar-refractivity contribution is 7.13. The van der Waals surface area contributed by atoms with Crippen LogP contribution < -0.4 is 10.6 Å². The first-order valence-electron chi connectivity index (χ1n) is 6.70. The fourth-order valence-corrected chi connectivity index (χ4v) is 2.66. The van der Waals surface area contributed by atoms with E-state index in [1.165, 1.54) is 11.3 Å². The fraction of sp³-hybridized carbons (Fsp3) is 0.286. The molecule has 0 fully saturated rings. The summed E-state index contributed by atoms with van der Waals surface area (Å²) in [6, 6.07) is 4.80. The molecule has 1 aromatic carbocycles. The lowest BCUT2D eigenvalue weighted by atomic mass is 10.2. The Labute approximate surface area is 147 Å². The number of nitrogens with zero attached hydrogens (tertiary/aromatic N) is 1. The lowest BCUT2D eigenvalue weighted by Gasteiger charge is -2.06. The van der Waals surface area contributed by atoms with E-state index in [1.807, 2.05) is 0 Å². The van der Waals surface area contributed by atoms with Crippen molar-refractivity contribution in [2.45, 2.75) is 13.2 Å². The zero-order valence-corrected chi connectivity index (χ0v) is 14.3. The number of benzene rings is 1. The smallest absolute Gasteiger partial charge is 0.321 e. The summed E-state index contributed by atoms with van der Waals surface area (Å²) in [5.74, 6) is 0. The summed E-state index contributed by atoms with van der Waals surface area (Å²) in [4.78, 5) is 16.0. The molecule has 9 heteroatoms. The molecule has 0 aliphatic carbocycles. The molecule has 2 amide bonds. The van der Waals surface area contributed by atoms with Crippen LogP contribution in [0, 0.1) is 0 Å². The van der Waals surface area contributed by atoms with Gasteiger partial charge in [0.25, 0.3) is 0 Å². The van der Waals surface area contributed by atoms with Gasteiger partial charge >= 0.3 is 6.03 Å². The van der Waals surface area contributed by atoms with E-state index >= 15 is 0 Å². The number of rotatable bonds is 7. The van der Waals surface area contributed by atoms with Crippen LogP contribution in [0.2, 0.25) is 10.0 Å². The van der Waals surface area contributed by atoms with Crippen LogP contribution >= 0.6 is 34.5 Å². The zero-order valence-electron chi connectivity index (χ0n) is 12.0. The maximum Gasteiger partial charge on any atom is 0.321 e. The van der Waals surface area contributed by atoms with E-state index in [2.05, 4.69) is 15.6 Å². The van der Waals surface area contributed by atoms with Crippen LogP contribution in [0.3, 0.4) is 0 Å². The number of amides is 2. The maximum atomic E-state index is 11.8. The summed E-state index contributed by atoms with van der Waals surface area (Å²) < 4.78 is 5.16. The lowest BCUT2D eigenvalue weighted by molar-refractivity contribution is 0.0800. The molecule has 0 unspecified atom stereocenters. The molecule has 0 saturated heterocycles. The fourth-order valence-electron chi connectivity index (χ4n) is 1.65. The Morgan fingerprint density at radius 2 is 2.17 bits per heavy atom. The van der Waals surface area contributed by atoms with E-state index in [4.69, 9.17) is 33.0 Å². The number of urea groups is 1. The predicted molar refractivity (Wildman–Crippen MR) is 91.2 cm³/mol. The standard InChI is InChI=1S/C14H15Cl2N3O3S/c15-11-2-1-9(5-12(11)16)6-17-13(21)19-14-18-10(8-23-14)7-22-4-3-20/h1-2,5,8,20H,3-4,6-7H2,(H2,17,18,19,21). The number of hydrogen-bond acceptors (Lipinski definition) is 5. The minimum absolute atomic E-state index is 0.0354. The first kappa shape index (κ1) is 18.0. The second kappa shape index (κ2) is 9.05. The molecule has 0 saturated carbocycles. The minimum Gasteiger partial charge on any atom is -0.394 e. The van der Waals surface area contributed by atoms with E-state index in [0.717, 1.165) is 5.56 Å². The van der Waals surface area contributed by atoms with Crippen LogP contribution in [0.5, 0.6) is 0 Å². The summed E-state index contributed by atoms with van der Waals surface area (Å²) in [6.07, 6.45) is 0. The van der Waals surface area contributed by atoms with E-state index in [9.17, 15) is 4.79 Å². The zero-order chi connectivity index (χ0) is 16.7. The molecular formula is C14H15Cl2N3O3S. The van der Waals surface area contributed by atoms with Gasteiger partial charge in [-0.1, -0.05) is 29.3 Å². The van der Waals surface area contributed by atoms with E-state index < -0.39 is 0 Å². The van der Waals surface area contributed by atoms with Crippen molar-refractivity contribution < 1.29 is 14.6 Å². The number of hydrogen-bond donors (Lipinski definition) is 3. The first-order chi connectivity index (χ1) is 11.1.